The Kier molecular flexibility index (Phi) is 7.03. The largest absolute Gasteiger partial charge is 0.369 e. The van der Waals surface area contributed by atoms with E-state index in [1.54, 1.807) is 0 Å². The average Bonchev–Trinajstić information content (AvgIpc) is 2.61. The lowest BCUT2D eigenvalue weighted by Crippen LogP contribution is -2.48. The summed E-state index contributed by atoms with van der Waals surface area (Å²) < 4.78 is 5.71. The van der Waals surface area contributed by atoms with Gasteiger partial charge in [0.2, 0.25) is 0 Å². The van der Waals surface area contributed by atoms with E-state index in [4.69, 9.17) is 4.74 Å². The van der Waals surface area contributed by atoms with E-state index in [0.717, 1.165) is 38.2 Å². The molecule has 134 valence electrons. The van der Waals surface area contributed by atoms with Gasteiger partial charge in [-0.2, -0.15) is 0 Å². The number of piperidine rings is 1. The van der Waals surface area contributed by atoms with Crippen LogP contribution in [-0.2, 0) is 9.53 Å². The van der Waals surface area contributed by atoms with E-state index in [1.165, 1.54) is 0 Å². The molecule has 24 heavy (non-hydrogen) atoms. The third-order valence-corrected chi connectivity index (χ3v) is 4.74. The quantitative estimate of drug-likeness (QED) is 0.769. The molecule has 0 N–H and O–H groups in total. The van der Waals surface area contributed by atoms with Crippen LogP contribution in [0.5, 0.6) is 0 Å². The van der Waals surface area contributed by atoms with E-state index < -0.39 is 0 Å². The Morgan fingerprint density at radius 1 is 1.33 bits per heavy atom. The molecule has 0 unspecified atom stereocenters. The second-order valence-electron chi connectivity index (χ2n) is 7.05. The maximum absolute atomic E-state index is 12.5. The molecule has 0 bridgehead atoms. The molecule has 0 saturated carbocycles. The first kappa shape index (κ1) is 18.7. The fourth-order valence-corrected chi connectivity index (χ4v) is 3.04. The number of nitrogens with zero attached hydrogens (tertiary/aromatic N) is 3. The van der Waals surface area contributed by atoms with Crippen molar-refractivity contribution < 1.29 is 9.53 Å². The highest BCUT2D eigenvalue weighted by Crippen LogP contribution is 2.21. The third kappa shape index (κ3) is 5.20. The van der Waals surface area contributed by atoms with Gasteiger partial charge in [0.25, 0.3) is 5.91 Å². The van der Waals surface area contributed by atoms with Crippen LogP contribution in [-0.4, -0.2) is 54.7 Å². The van der Waals surface area contributed by atoms with E-state index in [2.05, 4.69) is 23.7 Å². The molecular weight excluding hydrogens is 302 g/mol. The number of aromatic nitrogens is 1. The SMILES string of the molecule is CC(C)CCO[C@@H](C)C(=O)N(C)C1CCN(c2ccccn2)CC1. The molecule has 0 spiro atoms. The van der Waals surface area contributed by atoms with Gasteiger partial charge in [-0.05, 0) is 44.2 Å². The first-order valence-electron chi connectivity index (χ1n) is 9.03. The molecule has 1 fully saturated rings. The van der Waals surface area contributed by atoms with Crippen LogP contribution in [0.3, 0.4) is 0 Å². The number of carbonyl (C=O) groups excluding carboxylic acids is 1. The van der Waals surface area contributed by atoms with Gasteiger partial charge in [-0.25, -0.2) is 4.98 Å². The summed E-state index contributed by atoms with van der Waals surface area (Å²) in [6.07, 6.45) is 4.40. The minimum Gasteiger partial charge on any atom is -0.369 e. The predicted molar refractivity (Wildman–Crippen MR) is 97.1 cm³/mol. The first-order valence-corrected chi connectivity index (χ1v) is 9.03. The highest BCUT2D eigenvalue weighted by Gasteiger charge is 2.28. The lowest BCUT2D eigenvalue weighted by molar-refractivity contribution is -0.144. The molecule has 1 atom stereocenters. The molecule has 1 aliphatic rings. The van der Waals surface area contributed by atoms with Gasteiger partial charge in [0.15, 0.2) is 0 Å². The van der Waals surface area contributed by atoms with Gasteiger partial charge in [-0.15, -0.1) is 0 Å². The molecule has 0 aromatic carbocycles. The Labute approximate surface area is 146 Å². The van der Waals surface area contributed by atoms with Crippen molar-refractivity contribution in [2.24, 2.45) is 5.92 Å². The van der Waals surface area contributed by atoms with Crippen LogP contribution < -0.4 is 4.90 Å². The number of hydrogen-bond donors (Lipinski definition) is 0. The number of anilines is 1. The average molecular weight is 333 g/mol. The standard InChI is InChI=1S/C19H31N3O2/c1-15(2)10-14-24-16(3)19(23)21(4)17-8-12-22(13-9-17)18-7-5-6-11-20-18/h5-7,11,15-17H,8-10,12-14H2,1-4H3/t16-/m0/s1. The van der Waals surface area contributed by atoms with Crippen molar-refractivity contribution in [3.05, 3.63) is 24.4 Å². The molecular formula is C19H31N3O2. The predicted octanol–water partition coefficient (Wildman–Crippen LogP) is 2.96. The zero-order valence-electron chi connectivity index (χ0n) is 15.4. The summed E-state index contributed by atoms with van der Waals surface area (Å²) in [7, 11) is 1.91. The molecule has 0 aliphatic carbocycles. The number of amides is 1. The zero-order valence-corrected chi connectivity index (χ0v) is 15.4. The Bertz CT molecular complexity index is 499. The minimum absolute atomic E-state index is 0.0926. The van der Waals surface area contributed by atoms with Gasteiger partial charge in [0, 0.05) is 39.0 Å². The van der Waals surface area contributed by atoms with Crippen molar-refractivity contribution in [1.82, 2.24) is 9.88 Å². The summed E-state index contributed by atoms with van der Waals surface area (Å²) in [4.78, 5) is 21.1. The Hall–Kier alpha value is -1.62. The highest BCUT2D eigenvalue weighted by molar-refractivity contribution is 5.80. The Morgan fingerprint density at radius 2 is 2.04 bits per heavy atom. The zero-order chi connectivity index (χ0) is 17.5. The molecule has 2 heterocycles. The molecule has 1 amide bonds. The number of ether oxygens (including phenoxy) is 1. The van der Waals surface area contributed by atoms with Gasteiger partial charge in [0.1, 0.15) is 11.9 Å². The second kappa shape index (κ2) is 9.02. The fourth-order valence-electron chi connectivity index (χ4n) is 3.04. The number of carbonyl (C=O) groups is 1. The van der Waals surface area contributed by atoms with Crippen molar-refractivity contribution >= 4 is 11.7 Å². The molecule has 5 nitrogen and oxygen atoms in total. The maximum atomic E-state index is 12.5. The van der Waals surface area contributed by atoms with E-state index in [0.29, 0.717) is 12.5 Å². The van der Waals surface area contributed by atoms with Crippen LogP contribution in [0.1, 0.15) is 40.0 Å². The van der Waals surface area contributed by atoms with E-state index in [1.807, 2.05) is 43.3 Å². The van der Waals surface area contributed by atoms with Crippen LogP contribution >= 0.6 is 0 Å². The molecule has 1 aromatic rings. The summed E-state index contributed by atoms with van der Waals surface area (Å²) in [5, 5.41) is 0. The van der Waals surface area contributed by atoms with Crippen molar-refractivity contribution in [1.29, 1.82) is 0 Å². The number of rotatable bonds is 7. The van der Waals surface area contributed by atoms with Crippen LogP contribution in [0.25, 0.3) is 0 Å². The summed E-state index contributed by atoms with van der Waals surface area (Å²) >= 11 is 0. The van der Waals surface area contributed by atoms with Gasteiger partial charge >= 0.3 is 0 Å². The summed E-state index contributed by atoms with van der Waals surface area (Å²) in [6, 6.07) is 6.28. The van der Waals surface area contributed by atoms with Crippen LogP contribution in [0.4, 0.5) is 5.82 Å². The Balaban J connectivity index is 1.79. The van der Waals surface area contributed by atoms with Crippen LogP contribution in [0.15, 0.2) is 24.4 Å². The molecule has 1 saturated heterocycles. The number of pyridine rings is 1. The molecule has 5 heteroatoms. The fraction of sp³-hybridized carbons (Fsp3) is 0.684. The normalized spacial score (nSPS) is 17.1. The van der Waals surface area contributed by atoms with Crippen molar-refractivity contribution in [3.63, 3.8) is 0 Å². The van der Waals surface area contributed by atoms with Crippen LogP contribution in [0, 0.1) is 5.92 Å². The van der Waals surface area contributed by atoms with Crippen molar-refractivity contribution in [2.45, 2.75) is 52.2 Å². The monoisotopic (exact) mass is 333 g/mol. The van der Waals surface area contributed by atoms with E-state index in [-0.39, 0.29) is 18.1 Å². The van der Waals surface area contributed by atoms with Gasteiger partial charge in [-0.1, -0.05) is 19.9 Å². The van der Waals surface area contributed by atoms with Gasteiger partial charge < -0.3 is 14.5 Å². The maximum Gasteiger partial charge on any atom is 0.251 e. The summed E-state index contributed by atoms with van der Waals surface area (Å²) in [6.45, 7) is 8.71. The Morgan fingerprint density at radius 3 is 2.62 bits per heavy atom. The topological polar surface area (TPSA) is 45.7 Å². The molecule has 1 aromatic heterocycles. The van der Waals surface area contributed by atoms with Crippen molar-refractivity contribution in [2.75, 3.05) is 31.6 Å². The molecule has 1 aliphatic heterocycles. The van der Waals surface area contributed by atoms with E-state index >= 15 is 0 Å². The van der Waals surface area contributed by atoms with Gasteiger partial charge in [-0.3, -0.25) is 4.79 Å². The number of likely N-dealkylation sites (N-methyl/N-ethyl adjacent to an activating group) is 1. The van der Waals surface area contributed by atoms with Gasteiger partial charge in [0.05, 0.1) is 0 Å². The summed E-state index contributed by atoms with van der Waals surface area (Å²) in [5.41, 5.74) is 0. The third-order valence-electron chi connectivity index (χ3n) is 4.74. The van der Waals surface area contributed by atoms with Crippen LogP contribution in [0.2, 0.25) is 0 Å². The number of hydrogen-bond acceptors (Lipinski definition) is 4. The first-order chi connectivity index (χ1) is 11.5. The highest BCUT2D eigenvalue weighted by atomic mass is 16.5. The lowest BCUT2D eigenvalue weighted by Gasteiger charge is -2.38. The smallest absolute Gasteiger partial charge is 0.251 e. The lowest BCUT2D eigenvalue weighted by atomic mass is 10.0. The minimum atomic E-state index is -0.359. The van der Waals surface area contributed by atoms with Crippen molar-refractivity contribution in [3.8, 4) is 0 Å². The molecule has 0 radical (unpaired) electrons. The molecule has 2 rings (SSSR count). The van der Waals surface area contributed by atoms with E-state index in [9.17, 15) is 4.79 Å². The summed E-state index contributed by atoms with van der Waals surface area (Å²) in [5.74, 6) is 1.71. The second-order valence-corrected chi connectivity index (χ2v) is 7.05.